The van der Waals surface area contributed by atoms with Crippen molar-refractivity contribution in [3.63, 3.8) is 0 Å². The number of halogens is 2. The molecule has 2 atom stereocenters. The van der Waals surface area contributed by atoms with E-state index in [4.69, 9.17) is 0 Å². The number of hydrogen-bond acceptors (Lipinski definition) is 7. The van der Waals surface area contributed by atoms with Crippen LogP contribution in [0.2, 0.25) is 0 Å². The zero-order valence-electron chi connectivity index (χ0n) is 18.9. The van der Waals surface area contributed by atoms with Gasteiger partial charge < -0.3 is 15.1 Å². The summed E-state index contributed by atoms with van der Waals surface area (Å²) in [6, 6.07) is 7.34. The van der Waals surface area contributed by atoms with Gasteiger partial charge in [-0.25, -0.2) is 18.7 Å². The van der Waals surface area contributed by atoms with E-state index in [0.29, 0.717) is 48.2 Å². The van der Waals surface area contributed by atoms with E-state index in [9.17, 15) is 18.4 Å². The molecule has 2 amide bonds. The van der Waals surface area contributed by atoms with E-state index in [0.717, 1.165) is 4.90 Å². The number of nitrogens with zero attached hydrogens (tertiary/aromatic N) is 5. The minimum absolute atomic E-state index is 0.127. The molecule has 0 saturated carbocycles. The van der Waals surface area contributed by atoms with Gasteiger partial charge in [-0.1, -0.05) is 18.2 Å². The molecule has 1 fully saturated rings. The van der Waals surface area contributed by atoms with Crippen LogP contribution in [0.25, 0.3) is 0 Å². The predicted molar refractivity (Wildman–Crippen MR) is 127 cm³/mol. The highest BCUT2D eigenvalue weighted by atomic mass is 32.2. The predicted octanol–water partition coefficient (Wildman–Crippen LogP) is 2.34. The van der Waals surface area contributed by atoms with Crippen molar-refractivity contribution in [3.05, 3.63) is 59.6 Å². The van der Waals surface area contributed by atoms with Crippen molar-refractivity contribution in [3.8, 4) is 0 Å². The first-order chi connectivity index (χ1) is 16.9. The first kappa shape index (κ1) is 23.2. The van der Waals surface area contributed by atoms with Gasteiger partial charge in [-0.3, -0.25) is 14.7 Å². The maximum atomic E-state index is 13.9. The van der Waals surface area contributed by atoms with Crippen molar-refractivity contribution in [1.82, 2.24) is 25.5 Å². The maximum absolute atomic E-state index is 13.9. The van der Waals surface area contributed by atoms with E-state index >= 15 is 0 Å². The molecule has 3 aromatic rings. The van der Waals surface area contributed by atoms with E-state index in [1.807, 2.05) is 11.0 Å². The summed E-state index contributed by atoms with van der Waals surface area (Å²) in [4.78, 5) is 38.6. The fourth-order valence-corrected chi connectivity index (χ4v) is 5.21. The Morgan fingerprint density at radius 3 is 2.94 bits per heavy atom. The van der Waals surface area contributed by atoms with Gasteiger partial charge in [-0.2, -0.15) is 0 Å². The van der Waals surface area contributed by atoms with E-state index < -0.39 is 18.1 Å². The number of alkyl halides is 1. The lowest BCUT2D eigenvalue weighted by Crippen LogP contribution is -2.48. The number of pyridine rings is 1. The molecule has 1 saturated heterocycles. The van der Waals surface area contributed by atoms with Crippen molar-refractivity contribution in [1.29, 1.82) is 0 Å². The van der Waals surface area contributed by atoms with Gasteiger partial charge in [-0.05, 0) is 24.1 Å². The van der Waals surface area contributed by atoms with Crippen LogP contribution >= 0.6 is 11.8 Å². The quantitative estimate of drug-likeness (QED) is 0.555. The minimum Gasteiger partial charge on any atom is -0.354 e. The minimum atomic E-state index is -0.866. The molecule has 5 rings (SSSR count). The van der Waals surface area contributed by atoms with Gasteiger partial charge in [-0.15, -0.1) is 16.9 Å². The Morgan fingerprint density at radius 1 is 1.34 bits per heavy atom. The lowest BCUT2D eigenvalue weighted by atomic mass is 10.1. The van der Waals surface area contributed by atoms with E-state index in [2.05, 4.69) is 25.5 Å². The standard InChI is InChI=1S/C23H23F2N7O2S/c1-31-17-10-26-20(32-7-6-14(24)11-32)9-18(17)35-12-16(23(31)34)27-22(33)21-28-19(29-30-21)8-13-4-2-3-5-15(13)25/h2-5,9-10,14,16H,6-8,11-12H2,1H3,(H,27,33)(H,28,29,30)/t14-,16-/m0/s1. The molecule has 2 aromatic heterocycles. The summed E-state index contributed by atoms with van der Waals surface area (Å²) >= 11 is 1.42. The average molecular weight is 500 g/mol. The van der Waals surface area contributed by atoms with E-state index in [1.54, 1.807) is 31.4 Å². The first-order valence-corrected chi connectivity index (χ1v) is 12.1. The van der Waals surface area contributed by atoms with Crippen LogP contribution < -0.4 is 15.1 Å². The lowest BCUT2D eigenvalue weighted by Gasteiger charge is -2.22. The number of likely N-dealkylation sites (N-methyl/N-ethyl adjacent to an activating group) is 1. The zero-order valence-corrected chi connectivity index (χ0v) is 19.7. The number of thioether (sulfide) groups is 1. The van der Waals surface area contributed by atoms with Crippen molar-refractivity contribution < 1.29 is 18.4 Å². The third kappa shape index (κ3) is 4.83. The number of hydrogen-bond donors (Lipinski definition) is 2. The van der Waals surface area contributed by atoms with Gasteiger partial charge in [0, 0.05) is 30.7 Å². The number of nitrogens with one attached hydrogen (secondary N) is 2. The molecule has 2 aliphatic heterocycles. The number of aromatic amines is 1. The van der Waals surface area contributed by atoms with Crippen LogP contribution in [0, 0.1) is 5.82 Å². The second-order valence-corrected chi connectivity index (χ2v) is 9.51. The van der Waals surface area contributed by atoms with Crippen LogP contribution in [0.15, 0.2) is 41.4 Å². The number of anilines is 2. The number of amides is 2. The maximum Gasteiger partial charge on any atom is 0.291 e. The smallest absolute Gasteiger partial charge is 0.291 e. The van der Waals surface area contributed by atoms with Gasteiger partial charge in [0.15, 0.2) is 0 Å². The highest BCUT2D eigenvalue weighted by molar-refractivity contribution is 7.99. The number of aromatic nitrogens is 4. The molecule has 0 unspecified atom stereocenters. The van der Waals surface area contributed by atoms with Crippen LogP contribution in [0.3, 0.4) is 0 Å². The summed E-state index contributed by atoms with van der Waals surface area (Å²) in [5.74, 6) is -0.104. The summed E-state index contributed by atoms with van der Waals surface area (Å²) in [6.07, 6.45) is 1.37. The van der Waals surface area contributed by atoms with Crippen LogP contribution in [-0.4, -0.2) is 70.1 Å². The highest BCUT2D eigenvalue weighted by Crippen LogP contribution is 2.36. The number of benzene rings is 1. The summed E-state index contributed by atoms with van der Waals surface area (Å²) in [5.41, 5.74) is 1.05. The van der Waals surface area contributed by atoms with Crippen LogP contribution in [0.4, 0.5) is 20.3 Å². The third-order valence-corrected chi connectivity index (χ3v) is 7.18. The summed E-state index contributed by atoms with van der Waals surface area (Å²) in [5, 5.41) is 9.28. The average Bonchev–Trinajstić information content (AvgIpc) is 3.49. The number of fused-ring (bicyclic) bond motifs is 1. The Bertz CT molecular complexity index is 1270. The molecule has 9 nitrogen and oxygen atoms in total. The Labute approximate surface area is 204 Å². The Morgan fingerprint density at radius 2 is 2.17 bits per heavy atom. The van der Waals surface area contributed by atoms with Gasteiger partial charge in [0.05, 0.1) is 18.4 Å². The fraction of sp³-hybridized carbons (Fsp3) is 0.348. The monoisotopic (exact) mass is 499 g/mol. The molecule has 0 aliphatic carbocycles. The summed E-state index contributed by atoms with van der Waals surface area (Å²) in [7, 11) is 1.63. The second-order valence-electron chi connectivity index (χ2n) is 8.45. The van der Waals surface area contributed by atoms with Crippen LogP contribution in [0.5, 0.6) is 0 Å². The molecule has 2 aliphatic rings. The molecule has 0 spiro atoms. The Kier molecular flexibility index (Phi) is 6.37. The molecular formula is C23H23F2N7O2S. The SMILES string of the molecule is CN1C(=O)[C@@H](NC(=O)c2n[nH]c(Cc3ccccc3F)n2)CSc2cc(N3CC[C@H](F)C3)ncc21. The third-order valence-electron chi connectivity index (χ3n) is 6.04. The molecule has 4 heterocycles. The topological polar surface area (TPSA) is 107 Å². The van der Waals surface area contributed by atoms with Gasteiger partial charge in [0.25, 0.3) is 5.91 Å². The molecule has 2 N–H and O–H groups in total. The number of rotatable bonds is 5. The van der Waals surface area contributed by atoms with Gasteiger partial charge >= 0.3 is 0 Å². The highest BCUT2D eigenvalue weighted by Gasteiger charge is 2.32. The Hall–Kier alpha value is -3.54. The van der Waals surface area contributed by atoms with Crippen molar-refractivity contribution >= 4 is 35.1 Å². The Balaban J connectivity index is 1.27. The first-order valence-electron chi connectivity index (χ1n) is 11.1. The number of H-pyrrole nitrogens is 1. The summed E-state index contributed by atoms with van der Waals surface area (Å²) < 4.78 is 27.5. The molecule has 0 radical (unpaired) electrons. The molecule has 182 valence electrons. The van der Waals surface area contributed by atoms with Crippen molar-refractivity contribution in [2.24, 2.45) is 0 Å². The summed E-state index contributed by atoms with van der Waals surface area (Å²) in [6.45, 7) is 0.903. The van der Waals surface area contributed by atoms with Crippen molar-refractivity contribution in [2.45, 2.75) is 30.0 Å². The number of carbonyl (C=O) groups excluding carboxylic acids is 2. The van der Waals surface area contributed by atoms with Gasteiger partial charge in [0.1, 0.15) is 29.7 Å². The van der Waals surface area contributed by atoms with Gasteiger partial charge in [0.2, 0.25) is 11.7 Å². The molecule has 12 heteroatoms. The molecule has 0 bridgehead atoms. The lowest BCUT2D eigenvalue weighted by molar-refractivity contribution is -0.119. The van der Waals surface area contributed by atoms with Crippen molar-refractivity contribution in [2.75, 3.05) is 35.7 Å². The molecular weight excluding hydrogens is 476 g/mol. The van der Waals surface area contributed by atoms with E-state index in [1.165, 1.54) is 22.7 Å². The fourth-order valence-electron chi connectivity index (χ4n) is 4.11. The number of carbonyl (C=O) groups is 2. The molecule has 1 aromatic carbocycles. The molecule has 35 heavy (non-hydrogen) atoms. The zero-order chi connectivity index (χ0) is 24.5. The normalized spacial score (nSPS) is 20.0. The second kappa shape index (κ2) is 9.61. The van der Waals surface area contributed by atoms with Crippen LogP contribution in [0.1, 0.15) is 28.4 Å². The largest absolute Gasteiger partial charge is 0.354 e. The van der Waals surface area contributed by atoms with Crippen LogP contribution in [-0.2, 0) is 11.2 Å². The van der Waals surface area contributed by atoms with E-state index in [-0.39, 0.29) is 24.0 Å².